The standard InChI is InChI=1S/C26H26ClN5O5/c1-36-22-7-6-17(13-23(22)37-2)12-21(18-4-3-5-20(27)14-18)25(34)31-8-10-32(11-9-31)26-28-15-19(16-29-26)24(33)30-35/h3-7,12-16,35H,8-11H2,1-2H3,(H,30,33)/b21-12+. The summed E-state index contributed by atoms with van der Waals surface area (Å²) in [6.45, 7) is 1.92. The summed E-state index contributed by atoms with van der Waals surface area (Å²) in [7, 11) is 3.13. The Kier molecular flexibility index (Phi) is 8.22. The predicted molar refractivity (Wildman–Crippen MR) is 139 cm³/mol. The van der Waals surface area contributed by atoms with Gasteiger partial charge >= 0.3 is 0 Å². The maximum Gasteiger partial charge on any atom is 0.277 e. The van der Waals surface area contributed by atoms with Crippen molar-refractivity contribution in [2.75, 3.05) is 45.3 Å². The molecule has 1 fully saturated rings. The van der Waals surface area contributed by atoms with Crippen LogP contribution in [0.3, 0.4) is 0 Å². The fraction of sp³-hybridized carbons (Fsp3) is 0.231. The molecule has 0 unspecified atom stereocenters. The largest absolute Gasteiger partial charge is 0.493 e. The van der Waals surface area contributed by atoms with E-state index in [0.717, 1.165) is 5.56 Å². The fourth-order valence-electron chi connectivity index (χ4n) is 3.98. The Bertz CT molecular complexity index is 1310. The summed E-state index contributed by atoms with van der Waals surface area (Å²) in [6.07, 6.45) is 4.50. The summed E-state index contributed by atoms with van der Waals surface area (Å²) in [4.78, 5) is 37.4. The molecule has 2 heterocycles. The number of nitrogens with zero attached hydrogens (tertiary/aromatic N) is 4. The van der Waals surface area contributed by atoms with E-state index < -0.39 is 5.91 Å². The molecule has 2 amide bonds. The molecular formula is C26H26ClN5O5. The zero-order chi connectivity index (χ0) is 26.4. The predicted octanol–water partition coefficient (Wildman–Crippen LogP) is 3.16. The molecule has 0 spiro atoms. The molecule has 1 saturated heterocycles. The van der Waals surface area contributed by atoms with E-state index in [1.54, 1.807) is 42.8 Å². The van der Waals surface area contributed by atoms with Crippen molar-refractivity contribution in [1.82, 2.24) is 20.3 Å². The van der Waals surface area contributed by atoms with Gasteiger partial charge in [0.2, 0.25) is 5.95 Å². The molecular weight excluding hydrogens is 498 g/mol. The van der Waals surface area contributed by atoms with E-state index in [2.05, 4.69) is 9.97 Å². The number of halogens is 1. The average molecular weight is 524 g/mol. The van der Waals surface area contributed by atoms with Crippen LogP contribution in [0.25, 0.3) is 11.6 Å². The first-order valence-electron chi connectivity index (χ1n) is 11.4. The van der Waals surface area contributed by atoms with E-state index in [1.807, 2.05) is 35.2 Å². The van der Waals surface area contributed by atoms with Crippen LogP contribution in [-0.2, 0) is 4.79 Å². The highest BCUT2D eigenvalue weighted by molar-refractivity contribution is 6.31. The number of amides is 2. The average Bonchev–Trinajstić information content (AvgIpc) is 2.95. The van der Waals surface area contributed by atoms with Crippen LogP contribution in [0, 0.1) is 0 Å². The lowest BCUT2D eigenvalue weighted by atomic mass is 10.0. The third kappa shape index (κ3) is 5.99. The minimum absolute atomic E-state index is 0.132. The summed E-state index contributed by atoms with van der Waals surface area (Å²) in [5.41, 5.74) is 3.68. The van der Waals surface area contributed by atoms with Crippen LogP contribution in [0.2, 0.25) is 5.02 Å². The first kappa shape index (κ1) is 25.9. The lowest BCUT2D eigenvalue weighted by molar-refractivity contribution is -0.125. The molecule has 1 aliphatic heterocycles. The number of piperazine rings is 1. The van der Waals surface area contributed by atoms with E-state index in [1.165, 1.54) is 12.4 Å². The van der Waals surface area contributed by atoms with Crippen molar-refractivity contribution in [3.8, 4) is 11.5 Å². The zero-order valence-corrected chi connectivity index (χ0v) is 21.1. The minimum atomic E-state index is -0.684. The van der Waals surface area contributed by atoms with Gasteiger partial charge in [0.1, 0.15) is 0 Å². The van der Waals surface area contributed by atoms with Crippen LogP contribution in [0.5, 0.6) is 11.5 Å². The van der Waals surface area contributed by atoms with Gasteiger partial charge in [0.15, 0.2) is 11.5 Å². The molecule has 1 aromatic heterocycles. The molecule has 37 heavy (non-hydrogen) atoms. The maximum absolute atomic E-state index is 13.7. The second-order valence-corrected chi connectivity index (χ2v) is 8.61. The Hall–Kier alpha value is -4.15. The number of hydroxylamine groups is 1. The molecule has 10 nitrogen and oxygen atoms in total. The number of carbonyl (C=O) groups excluding carboxylic acids is 2. The van der Waals surface area contributed by atoms with Crippen molar-refractivity contribution in [3.05, 3.63) is 76.6 Å². The van der Waals surface area contributed by atoms with Gasteiger partial charge in [0, 0.05) is 49.2 Å². The Morgan fingerprint density at radius 3 is 2.30 bits per heavy atom. The van der Waals surface area contributed by atoms with Crippen molar-refractivity contribution < 1.29 is 24.3 Å². The zero-order valence-electron chi connectivity index (χ0n) is 20.3. The van der Waals surface area contributed by atoms with Gasteiger partial charge in [0.05, 0.1) is 19.8 Å². The van der Waals surface area contributed by atoms with Crippen LogP contribution in [0.4, 0.5) is 5.95 Å². The monoisotopic (exact) mass is 523 g/mol. The smallest absolute Gasteiger partial charge is 0.277 e. The number of nitrogens with one attached hydrogen (secondary N) is 1. The van der Waals surface area contributed by atoms with Crippen LogP contribution in [0.1, 0.15) is 21.5 Å². The van der Waals surface area contributed by atoms with Gasteiger partial charge in [-0.25, -0.2) is 15.4 Å². The minimum Gasteiger partial charge on any atom is -0.493 e. The van der Waals surface area contributed by atoms with Gasteiger partial charge in [-0.3, -0.25) is 14.8 Å². The molecule has 3 aromatic rings. The van der Waals surface area contributed by atoms with E-state index >= 15 is 0 Å². The number of benzene rings is 2. The normalized spacial score (nSPS) is 13.8. The molecule has 0 atom stereocenters. The second kappa shape index (κ2) is 11.7. The number of ether oxygens (including phenoxy) is 2. The molecule has 0 aliphatic carbocycles. The fourth-order valence-corrected chi connectivity index (χ4v) is 4.17. The number of hydrogen-bond donors (Lipinski definition) is 2. The summed E-state index contributed by atoms with van der Waals surface area (Å²) in [6, 6.07) is 12.6. The topological polar surface area (TPSA) is 117 Å². The molecule has 1 aliphatic rings. The van der Waals surface area contributed by atoms with Crippen molar-refractivity contribution in [2.24, 2.45) is 0 Å². The third-order valence-electron chi connectivity index (χ3n) is 5.94. The Labute approximate surface area is 219 Å². The molecule has 0 bridgehead atoms. The van der Waals surface area contributed by atoms with Crippen molar-refractivity contribution >= 4 is 41.0 Å². The highest BCUT2D eigenvalue weighted by atomic mass is 35.5. The van der Waals surface area contributed by atoms with Gasteiger partial charge in [-0.05, 0) is 41.5 Å². The molecule has 2 N–H and O–H groups in total. The summed E-state index contributed by atoms with van der Waals surface area (Å²) < 4.78 is 10.7. The number of hydrogen-bond acceptors (Lipinski definition) is 8. The van der Waals surface area contributed by atoms with E-state index in [9.17, 15) is 9.59 Å². The molecule has 0 radical (unpaired) electrons. The maximum atomic E-state index is 13.7. The van der Waals surface area contributed by atoms with Gasteiger partial charge in [-0.2, -0.15) is 0 Å². The lowest BCUT2D eigenvalue weighted by Crippen LogP contribution is -2.49. The van der Waals surface area contributed by atoms with Crippen molar-refractivity contribution in [3.63, 3.8) is 0 Å². The molecule has 4 rings (SSSR count). The molecule has 0 saturated carbocycles. The molecule has 192 valence electrons. The first-order chi connectivity index (χ1) is 17.9. The summed E-state index contributed by atoms with van der Waals surface area (Å²) in [5.74, 6) is 0.783. The molecule has 11 heteroatoms. The van der Waals surface area contributed by atoms with Gasteiger partial charge in [-0.1, -0.05) is 29.8 Å². The number of carbonyl (C=O) groups is 2. The van der Waals surface area contributed by atoms with E-state index in [-0.39, 0.29) is 11.5 Å². The van der Waals surface area contributed by atoms with Crippen molar-refractivity contribution in [2.45, 2.75) is 0 Å². The van der Waals surface area contributed by atoms with Gasteiger partial charge in [-0.15, -0.1) is 0 Å². The van der Waals surface area contributed by atoms with Crippen LogP contribution in [-0.4, -0.2) is 72.3 Å². The highest BCUT2D eigenvalue weighted by Gasteiger charge is 2.26. The number of methoxy groups -OCH3 is 2. The van der Waals surface area contributed by atoms with Gasteiger partial charge in [0.25, 0.3) is 11.8 Å². The third-order valence-corrected chi connectivity index (χ3v) is 6.17. The highest BCUT2D eigenvalue weighted by Crippen LogP contribution is 2.30. The Morgan fingerprint density at radius 2 is 1.68 bits per heavy atom. The van der Waals surface area contributed by atoms with E-state index in [0.29, 0.717) is 59.8 Å². The Balaban J connectivity index is 1.55. The molecule has 2 aromatic carbocycles. The quantitative estimate of drug-likeness (QED) is 0.210. The van der Waals surface area contributed by atoms with E-state index in [4.69, 9.17) is 26.3 Å². The Morgan fingerprint density at radius 1 is 0.973 bits per heavy atom. The SMILES string of the molecule is COc1ccc(/C=C(/C(=O)N2CCN(c3ncc(C(=O)NO)cn3)CC2)c2cccc(Cl)c2)cc1OC. The summed E-state index contributed by atoms with van der Waals surface area (Å²) >= 11 is 6.25. The summed E-state index contributed by atoms with van der Waals surface area (Å²) in [5, 5.41) is 9.28. The van der Waals surface area contributed by atoms with Crippen LogP contribution in [0.15, 0.2) is 54.9 Å². The number of rotatable bonds is 7. The first-order valence-corrected chi connectivity index (χ1v) is 11.8. The number of anilines is 1. The second-order valence-electron chi connectivity index (χ2n) is 8.17. The van der Waals surface area contributed by atoms with Gasteiger partial charge < -0.3 is 19.3 Å². The lowest BCUT2D eigenvalue weighted by Gasteiger charge is -2.35. The van der Waals surface area contributed by atoms with Crippen LogP contribution >= 0.6 is 11.6 Å². The van der Waals surface area contributed by atoms with Crippen molar-refractivity contribution in [1.29, 1.82) is 0 Å². The number of aromatic nitrogens is 2. The van der Waals surface area contributed by atoms with Crippen LogP contribution < -0.4 is 19.9 Å².